The molecule has 22 heavy (non-hydrogen) atoms. The first-order valence-corrected chi connectivity index (χ1v) is 7.66. The Hall–Kier alpha value is -2.14. The number of nitrogens with one attached hydrogen (secondary N) is 1. The fourth-order valence-corrected chi connectivity index (χ4v) is 2.57. The van der Waals surface area contributed by atoms with Gasteiger partial charge in [-0.3, -0.25) is 9.59 Å². The second-order valence-electron chi connectivity index (χ2n) is 4.95. The number of hydrogen-bond donors (Lipinski definition) is 1. The number of hydrogen-bond acceptors (Lipinski definition) is 2. The molecule has 0 saturated carbocycles. The summed E-state index contributed by atoms with van der Waals surface area (Å²) in [6, 6.07) is 14.8. The van der Waals surface area contributed by atoms with Gasteiger partial charge in [0.1, 0.15) is 6.54 Å². The third kappa shape index (κ3) is 4.18. The van der Waals surface area contributed by atoms with Gasteiger partial charge in [0.25, 0.3) is 0 Å². The highest BCUT2D eigenvalue weighted by Crippen LogP contribution is 2.20. The van der Waals surface area contributed by atoms with Crippen LogP contribution >= 0.6 is 15.9 Å². The molecule has 0 unspecified atom stereocenters. The van der Waals surface area contributed by atoms with Crippen LogP contribution in [-0.2, 0) is 9.59 Å². The molecule has 0 aliphatic heterocycles. The highest BCUT2D eigenvalue weighted by atomic mass is 79.9. The fourth-order valence-electron chi connectivity index (χ4n) is 2.09. The number of amides is 2. The van der Waals surface area contributed by atoms with Gasteiger partial charge in [0.2, 0.25) is 11.8 Å². The van der Waals surface area contributed by atoms with Gasteiger partial charge in [-0.05, 0) is 42.8 Å². The summed E-state index contributed by atoms with van der Waals surface area (Å²) in [7, 11) is 0. The third-order valence-corrected chi connectivity index (χ3v) is 3.71. The van der Waals surface area contributed by atoms with Gasteiger partial charge in [0.05, 0.1) is 0 Å². The van der Waals surface area contributed by atoms with E-state index in [-0.39, 0.29) is 18.4 Å². The molecule has 114 valence electrons. The smallest absolute Gasteiger partial charge is 0.244 e. The lowest BCUT2D eigenvalue weighted by Crippen LogP contribution is -2.36. The Morgan fingerprint density at radius 1 is 1.14 bits per heavy atom. The second-order valence-corrected chi connectivity index (χ2v) is 5.86. The molecule has 0 aliphatic rings. The Morgan fingerprint density at radius 3 is 2.41 bits per heavy atom. The SMILES string of the molecule is CC(=O)N(CC(=O)Nc1ccc(Br)cc1C)c1ccccc1. The standard InChI is InChI=1S/C17H17BrN2O2/c1-12-10-14(18)8-9-16(12)19-17(22)11-20(13(2)21)15-6-4-3-5-7-15/h3-10H,11H2,1-2H3,(H,19,22). The van der Waals surface area contributed by atoms with Crippen molar-refractivity contribution in [3.8, 4) is 0 Å². The first-order chi connectivity index (χ1) is 10.5. The van der Waals surface area contributed by atoms with E-state index >= 15 is 0 Å². The molecule has 1 N–H and O–H groups in total. The Bertz CT molecular complexity index is 686. The van der Waals surface area contributed by atoms with Crippen molar-refractivity contribution in [1.29, 1.82) is 0 Å². The molecule has 2 amide bonds. The van der Waals surface area contributed by atoms with Crippen LogP contribution in [0.5, 0.6) is 0 Å². The average Bonchev–Trinajstić information content (AvgIpc) is 2.48. The van der Waals surface area contributed by atoms with Crippen LogP contribution in [0.4, 0.5) is 11.4 Å². The van der Waals surface area contributed by atoms with E-state index in [0.717, 1.165) is 15.7 Å². The van der Waals surface area contributed by atoms with Crippen LogP contribution in [0, 0.1) is 6.92 Å². The molecule has 0 saturated heterocycles. The van der Waals surface area contributed by atoms with Gasteiger partial charge in [-0.2, -0.15) is 0 Å². The maximum atomic E-state index is 12.2. The van der Waals surface area contributed by atoms with Crippen molar-refractivity contribution in [3.63, 3.8) is 0 Å². The van der Waals surface area contributed by atoms with Crippen LogP contribution in [-0.4, -0.2) is 18.4 Å². The maximum Gasteiger partial charge on any atom is 0.244 e. The minimum atomic E-state index is -0.232. The molecule has 0 spiro atoms. The Kier molecular flexibility index (Phi) is 5.33. The molecule has 5 heteroatoms. The van der Waals surface area contributed by atoms with E-state index < -0.39 is 0 Å². The summed E-state index contributed by atoms with van der Waals surface area (Å²) in [5.74, 6) is -0.404. The first-order valence-electron chi connectivity index (χ1n) is 6.86. The Morgan fingerprint density at radius 2 is 1.82 bits per heavy atom. The molecular weight excluding hydrogens is 344 g/mol. The summed E-state index contributed by atoms with van der Waals surface area (Å²) < 4.78 is 0.956. The van der Waals surface area contributed by atoms with Crippen LogP contribution < -0.4 is 10.2 Å². The minimum Gasteiger partial charge on any atom is -0.324 e. The van der Waals surface area contributed by atoms with Crippen molar-refractivity contribution < 1.29 is 9.59 Å². The van der Waals surface area contributed by atoms with Crippen molar-refractivity contribution >= 4 is 39.1 Å². The van der Waals surface area contributed by atoms with E-state index in [4.69, 9.17) is 0 Å². The van der Waals surface area contributed by atoms with Gasteiger partial charge >= 0.3 is 0 Å². The quantitative estimate of drug-likeness (QED) is 0.902. The van der Waals surface area contributed by atoms with Gasteiger partial charge in [-0.1, -0.05) is 34.1 Å². The summed E-state index contributed by atoms with van der Waals surface area (Å²) in [5.41, 5.74) is 2.40. The normalized spacial score (nSPS) is 10.1. The molecule has 4 nitrogen and oxygen atoms in total. The molecule has 2 rings (SSSR count). The summed E-state index contributed by atoms with van der Waals surface area (Å²) in [6.07, 6.45) is 0. The molecule has 0 bridgehead atoms. The highest BCUT2D eigenvalue weighted by Gasteiger charge is 2.16. The van der Waals surface area contributed by atoms with Crippen molar-refractivity contribution in [2.24, 2.45) is 0 Å². The zero-order valence-electron chi connectivity index (χ0n) is 12.5. The van der Waals surface area contributed by atoms with Crippen LogP contribution in [0.1, 0.15) is 12.5 Å². The number of nitrogens with zero attached hydrogens (tertiary/aromatic N) is 1. The summed E-state index contributed by atoms with van der Waals surface area (Å²) in [5, 5.41) is 2.84. The average molecular weight is 361 g/mol. The van der Waals surface area contributed by atoms with E-state index in [2.05, 4.69) is 21.2 Å². The number of anilines is 2. The zero-order chi connectivity index (χ0) is 16.1. The van der Waals surface area contributed by atoms with E-state index in [1.165, 1.54) is 11.8 Å². The van der Waals surface area contributed by atoms with Crippen molar-refractivity contribution in [2.75, 3.05) is 16.8 Å². The van der Waals surface area contributed by atoms with Crippen molar-refractivity contribution in [1.82, 2.24) is 0 Å². The predicted octanol–water partition coefficient (Wildman–Crippen LogP) is 3.75. The largest absolute Gasteiger partial charge is 0.324 e. The number of carbonyl (C=O) groups excluding carboxylic acids is 2. The van der Waals surface area contributed by atoms with Crippen LogP contribution in [0.2, 0.25) is 0 Å². The van der Waals surface area contributed by atoms with Gasteiger partial charge in [0.15, 0.2) is 0 Å². The lowest BCUT2D eigenvalue weighted by Gasteiger charge is -2.21. The molecule has 0 radical (unpaired) electrons. The van der Waals surface area contributed by atoms with E-state index in [1.807, 2.05) is 43.3 Å². The molecule has 0 heterocycles. The molecule has 0 aliphatic carbocycles. The summed E-state index contributed by atoms with van der Waals surface area (Å²) in [4.78, 5) is 25.5. The Labute approximate surface area is 138 Å². The van der Waals surface area contributed by atoms with Gasteiger partial charge in [-0.25, -0.2) is 0 Å². The maximum absolute atomic E-state index is 12.2. The monoisotopic (exact) mass is 360 g/mol. The van der Waals surface area contributed by atoms with E-state index in [0.29, 0.717) is 5.69 Å². The number of aryl methyl sites for hydroxylation is 1. The molecule has 0 aromatic heterocycles. The number of rotatable bonds is 4. The molecule has 2 aromatic rings. The molecule has 0 fully saturated rings. The number of para-hydroxylation sites is 1. The first kappa shape index (κ1) is 16.2. The predicted molar refractivity (Wildman–Crippen MR) is 92.0 cm³/mol. The minimum absolute atomic E-state index is 0.0190. The second kappa shape index (κ2) is 7.22. The van der Waals surface area contributed by atoms with Crippen LogP contribution in [0.3, 0.4) is 0 Å². The topological polar surface area (TPSA) is 49.4 Å². The molecule has 2 aromatic carbocycles. The Balaban J connectivity index is 2.10. The zero-order valence-corrected chi connectivity index (χ0v) is 14.1. The highest BCUT2D eigenvalue weighted by molar-refractivity contribution is 9.10. The molecular formula is C17H17BrN2O2. The number of carbonyl (C=O) groups is 2. The van der Waals surface area contributed by atoms with Gasteiger partial charge < -0.3 is 10.2 Å². The van der Waals surface area contributed by atoms with Gasteiger partial charge in [-0.15, -0.1) is 0 Å². The number of halogens is 1. The van der Waals surface area contributed by atoms with Crippen molar-refractivity contribution in [2.45, 2.75) is 13.8 Å². The lowest BCUT2D eigenvalue weighted by molar-refractivity contribution is -0.120. The van der Waals surface area contributed by atoms with E-state index in [9.17, 15) is 9.59 Å². The summed E-state index contributed by atoms with van der Waals surface area (Å²) in [6.45, 7) is 3.35. The molecule has 0 atom stereocenters. The summed E-state index contributed by atoms with van der Waals surface area (Å²) >= 11 is 3.39. The lowest BCUT2D eigenvalue weighted by atomic mass is 10.2. The van der Waals surface area contributed by atoms with Gasteiger partial charge in [0, 0.05) is 22.8 Å². The fraction of sp³-hybridized carbons (Fsp3) is 0.176. The number of benzene rings is 2. The third-order valence-electron chi connectivity index (χ3n) is 3.21. The van der Waals surface area contributed by atoms with Crippen LogP contribution in [0.15, 0.2) is 53.0 Å². The van der Waals surface area contributed by atoms with E-state index in [1.54, 1.807) is 12.1 Å². The van der Waals surface area contributed by atoms with Crippen LogP contribution in [0.25, 0.3) is 0 Å². The van der Waals surface area contributed by atoms with Crippen molar-refractivity contribution in [3.05, 3.63) is 58.6 Å².